The van der Waals surface area contributed by atoms with Gasteiger partial charge in [0.25, 0.3) is 5.91 Å². The molecule has 0 saturated heterocycles. The molecule has 2 aromatic carbocycles. The van der Waals surface area contributed by atoms with Gasteiger partial charge in [-0.05, 0) is 43.2 Å². The molecule has 0 aliphatic heterocycles. The first-order valence-electron chi connectivity index (χ1n) is 8.37. The Kier molecular flexibility index (Phi) is 6.83. The van der Waals surface area contributed by atoms with Crippen molar-refractivity contribution in [2.24, 2.45) is 0 Å². The van der Waals surface area contributed by atoms with Gasteiger partial charge in [0, 0.05) is 43.5 Å². The number of methoxy groups -OCH3 is 1. The summed E-state index contributed by atoms with van der Waals surface area (Å²) in [7, 11) is 1.67. The molecule has 0 radical (unpaired) electrons. The zero-order chi connectivity index (χ0) is 18.2. The molecule has 0 heterocycles. The Morgan fingerprint density at radius 2 is 1.92 bits per heavy atom. The fraction of sp³-hybridized carbons (Fsp3) is 0.350. The van der Waals surface area contributed by atoms with Gasteiger partial charge in [-0.2, -0.15) is 0 Å². The number of carbonyl (C=O) groups excluding carboxylic acids is 1. The van der Waals surface area contributed by atoms with E-state index in [0.29, 0.717) is 31.0 Å². The van der Waals surface area contributed by atoms with Crippen LogP contribution >= 0.6 is 0 Å². The Labute approximate surface area is 149 Å². The van der Waals surface area contributed by atoms with Gasteiger partial charge in [-0.15, -0.1) is 0 Å². The van der Waals surface area contributed by atoms with E-state index in [9.17, 15) is 4.79 Å². The van der Waals surface area contributed by atoms with E-state index in [4.69, 9.17) is 15.2 Å². The molecule has 0 bridgehead atoms. The lowest BCUT2D eigenvalue weighted by Gasteiger charge is -2.14. The van der Waals surface area contributed by atoms with Crippen LogP contribution in [0.3, 0.4) is 0 Å². The largest absolute Gasteiger partial charge is 0.493 e. The summed E-state index contributed by atoms with van der Waals surface area (Å²) in [5.41, 5.74) is 9.90. The van der Waals surface area contributed by atoms with Crippen LogP contribution in [0.4, 0.5) is 5.69 Å². The molecule has 0 fully saturated rings. The average molecular weight is 342 g/mol. The van der Waals surface area contributed by atoms with E-state index in [0.717, 1.165) is 28.9 Å². The zero-order valence-electron chi connectivity index (χ0n) is 15.1. The van der Waals surface area contributed by atoms with Crippen molar-refractivity contribution in [3.63, 3.8) is 0 Å². The Hall–Kier alpha value is -2.53. The van der Waals surface area contributed by atoms with Crippen LogP contribution in [0.1, 0.15) is 33.5 Å². The minimum absolute atomic E-state index is 0.143. The van der Waals surface area contributed by atoms with Gasteiger partial charge in [-0.1, -0.05) is 18.2 Å². The second-order valence-electron chi connectivity index (χ2n) is 6.06. The van der Waals surface area contributed by atoms with E-state index in [1.807, 2.05) is 38.1 Å². The third-order valence-electron chi connectivity index (χ3n) is 3.92. The number of hydrogen-bond donors (Lipinski definition) is 2. The molecule has 5 nitrogen and oxygen atoms in total. The van der Waals surface area contributed by atoms with E-state index < -0.39 is 0 Å². The summed E-state index contributed by atoms with van der Waals surface area (Å²) in [5, 5.41) is 2.95. The Morgan fingerprint density at radius 3 is 2.68 bits per heavy atom. The van der Waals surface area contributed by atoms with Gasteiger partial charge in [0.2, 0.25) is 0 Å². The van der Waals surface area contributed by atoms with Crippen molar-refractivity contribution in [1.29, 1.82) is 0 Å². The second kappa shape index (κ2) is 9.08. The number of amides is 1. The number of hydrogen-bond acceptors (Lipinski definition) is 4. The quantitative estimate of drug-likeness (QED) is 0.570. The maximum absolute atomic E-state index is 12.4. The molecule has 25 heavy (non-hydrogen) atoms. The van der Waals surface area contributed by atoms with Crippen LogP contribution in [-0.2, 0) is 11.3 Å². The van der Waals surface area contributed by atoms with Gasteiger partial charge in [-0.25, -0.2) is 0 Å². The highest BCUT2D eigenvalue weighted by atomic mass is 16.5. The molecular weight excluding hydrogens is 316 g/mol. The van der Waals surface area contributed by atoms with Crippen molar-refractivity contribution in [3.05, 3.63) is 58.7 Å². The van der Waals surface area contributed by atoms with E-state index in [1.165, 1.54) is 0 Å². The van der Waals surface area contributed by atoms with E-state index >= 15 is 0 Å². The smallest absolute Gasteiger partial charge is 0.251 e. The number of nitrogens with one attached hydrogen (secondary N) is 1. The Morgan fingerprint density at radius 1 is 1.12 bits per heavy atom. The summed E-state index contributed by atoms with van der Waals surface area (Å²) in [4.78, 5) is 12.4. The number of ether oxygens (including phenoxy) is 2. The normalized spacial score (nSPS) is 10.5. The van der Waals surface area contributed by atoms with Crippen LogP contribution < -0.4 is 15.8 Å². The van der Waals surface area contributed by atoms with Crippen molar-refractivity contribution >= 4 is 11.6 Å². The lowest BCUT2D eigenvalue weighted by molar-refractivity contribution is 0.0950. The molecule has 0 unspecified atom stereocenters. The number of nitrogen functional groups attached to an aromatic ring is 1. The van der Waals surface area contributed by atoms with Crippen LogP contribution in [0, 0.1) is 13.8 Å². The first kappa shape index (κ1) is 18.8. The average Bonchev–Trinajstić information content (AvgIpc) is 2.59. The van der Waals surface area contributed by atoms with E-state index in [1.54, 1.807) is 19.2 Å². The number of carbonyl (C=O) groups is 1. The standard InChI is InChI=1S/C20H26N2O3/c1-14-5-7-16(19(11-14)25-10-4-9-24-3)13-22-20(23)18-12-17(21)8-6-15(18)2/h5-8,11-12H,4,9-10,13,21H2,1-3H3,(H,22,23). The SMILES string of the molecule is COCCCOc1cc(C)ccc1CNC(=O)c1cc(N)ccc1C. The van der Waals surface area contributed by atoms with E-state index in [-0.39, 0.29) is 5.91 Å². The van der Waals surface area contributed by atoms with Gasteiger partial charge in [0.15, 0.2) is 0 Å². The number of benzene rings is 2. The third kappa shape index (κ3) is 5.50. The van der Waals surface area contributed by atoms with Crippen molar-refractivity contribution in [2.45, 2.75) is 26.8 Å². The molecule has 0 atom stereocenters. The Bertz CT molecular complexity index is 729. The number of aryl methyl sites for hydroxylation is 2. The second-order valence-corrected chi connectivity index (χ2v) is 6.06. The van der Waals surface area contributed by atoms with Crippen LogP contribution in [0.15, 0.2) is 36.4 Å². The van der Waals surface area contributed by atoms with Gasteiger partial charge in [-0.3, -0.25) is 4.79 Å². The summed E-state index contributed by atoms with van der Waals surface area (Å²) in [5.74, 6) is 0.649. The molecule has 0 aliphatic rings. The van der Waals surface area contributed by atoms with Crippen molar-refractivity contribution in [1.82, 2.24) is 5.32 Å². The van der Waals surface area contributed by atoms with Gasteiger partial charge < -0.3 is 20.5 Å². The van der Waals surface area contributed by atoms with Crippen molar-refractivity contribution in [3.8, 4) is 5.75 Å². The van der Waals surface area contributed by atoms with Gasteiger partial charge in [0.05, 0.1) is 6.61 Å². The first-order valence-corrected chi connectivity index (χ1v) is 8.37. The predicted molar refractivity (Wildman–Crippen MR) is 99.9 cm³/mol. The molecule has 0 aliphatic carbocycles. The molecule has 0 saturated carbocycles. The summed E-state index contributed by atoms with van der Waals surface area (Å²) in [6.07, 6.45) is 0.818. The molecule has 2 rings (SSSR count). The molecule has 0 spiro atoms. The molecule has 134 valence electrons. The highest BCUT2D eigenvalue weighted by molar-refractivity contribution is 5.96. The van der Waals surface area contributed by atoms with Crippen molar-refractivity contribution in [2.75, 3.05) is 26.1 Å². The lowest BCUT2D eigenvalue weighted by atomic mass is 10.1. The molecule has 3 N–H and O–H groups in total. The van der Waals surface area contributed by atoms with Crippen LogP contribution in [0.5, 0.6) is 5.75 Å². The number of anilines is 1. The van der Waals surface area contributed by atoms with Crippen LogP contribution in [0.25, 0.3) is 0 Å². The van der Waals surface area contributed by atoms with Gasteiger partial charge in [0.1, 0.15) is 5.75 Å². The number of nitrogens with two attached hydrogens (primary N) is 1. The summed E-state index contributed by atoms with van der Waals surface area (Å²) >= 11 is 0. The molecule has 1 amide bonds. The lowest BCUT2D eigenvalue weighted by Crippen LogP contribution is -2.24. The monoisotopic (exact) mass is 342 g/mol. The minimum atomic E-state index is -0.143. The van der Waals surface area contributed by atoms with Crippen LogP contribution in [-0.4, -0.2) is 26.2 Å². The predicted octanol–water partition coefficient (Wildman–Crippen LogP) is 3.23. The molecular formula is C20H26N2O3. The fourth-order valence-corrected chi connectivity index (χ4v) is 2.48. The summed E-state index contributed by atoms with van der Waals surface area (Å²) < 4.78 is 10.9. The maximum atomic E-state index is 12.4. The highest BCUT2D eigenvalue weighted by Crippen LogP contribution is 2.21. The summed E-state index contributed by atoms with van der Waals surface area (Å²) in [6.45, 7) is 5.54. The minimum Gasteiger partial charge on any atom is -0.493 e. The third-order valence-corrected chi connectivity index (χ3v) is 3.92. The zero-order valence-corrected chi connectivity index (χ0v) is 15.1. The Balaban J connectivity index is 2.04. The highest BCUT2D eigenvalue weighted by Gasteiger charge is 2.11. The van der Waals surface area contributed by atoms with Crippen molar-refractivity contribution < 1.29 is 14.3 Å². The fourth-order valence-electron chi connectivity index (χ4n) is 2.48. The molecule has 0 aromatic heterocycles. The number of rotatable bonds is 8. The van der Waals surface area contributed by atoms with E-state index in [2.05, 4.69) is 5.32 Å². The molecule has 2 aromatic rings. The first-order chi connectivity index (χ1) is 12.0. The summed E-state index contributed by atoms with van der Waals surface area (Å²) in [6, 6.07) is 11.3. The van der Waals surface area contributed by atoms with Gasteiger partial charge >= 0.3 is 0 Å². The topological polar surface area (TPSA) is 73.6 Å². The molecule has 5 heteroatoms. The maximum Gasteiger partial charge on any atom is 0.251 e. The van der Waals surface area contributed by atoms with Crippen LogP contribution in [0.2, 0.25) is 0 Å².